The highest BCUT2D eigenvalue weighted by molar-refractivity contribution is 5.80. The van der Waals surface area contributed by atoms with E-state index in [0.29, 0.717) is 18.0 Å². The molecule has 0 aromatic heterocycles. The highest BCUT2D eigenvalue weighted by Gasteiger charge is 2.43. The van der Waals surface area contributed by atoms with Crippen molar-refractivity contribution < 1.29 is 4.79 Å². The third-order valence-corrected chi connectivity index (χ3v) is 3.90. The normalized spacial score (nSPS) is 31.7. The quantitative estimate of drug-likeness (QED) is 0.565. The van der Waals surface area contributed by atoms with Crippen LogP contribution in [-0.2, 0) is 4.79 Å². The SMILES string of the molecule is C=CCCCN(C)C(=O)C1CC2CCC1N2. The van der Waals surface area contributed by atoms with Gasteiger partial charge in [0.05, 0.1) is 5.92 Å². The van der Waals surface area contributed by atoms with Gasteiger partial charge in [-0.25, -0.2) is 0 Å². The molecule has 2 fully saturated rings. The van der Waals surface area contributed by atoms with Crippen LogP contribution in [0.1, 0.15) is 32.1 Å². The summed E-state index contributed by atoms with van der Waals surface area (Å²) < 4.78 is 0. The molecule has 0 aliphatic carbocycles. The van der Waals surface area contributed by atoms with Crippen LogP contribution in [0.25, 0.3) is 0 Å². The van der Waals surface area contributed by atoms with Crippen molar-refractivity contribution in [1.29, 1.82) is 0 Å². The molecule has 3 unspecified atom stereocenters. The summed E-state index contributed by atoms with van der Waals surface area (Å²) in [6, 6.07) is 1.07. The van der Waals surface area contributed by atoms with E-state index < -0.39 is 0 Å². The molecule has 0 aromatic carbocycles. The third-order valence-electron chi connectivity index (χ3n) is 3.90. The van der Waals surface area contributed by atoms with Gasteiger partial charge in [0.25, 0.3) is 0 Å². The lowest BCUT2D eigenvalue weighted by molar-refractivity contribution is -0.134. The standard InChI is InChI=1S/C13H22N2O/c1-3-4-5-8-15(2)13(16)11-9-10-6-7-12(11)14-10/h3,10-12,14H,1,4-9H2,2H3. The van der Waals surface area contributed by atoms with E-state index in [-0.39, 0.29) is 5.92 Å². The number of carbonyl (C=O) groups excluding carboxylic acids is 1. The Hall–Kier alpha value is -0.830. The zero-order chi connectivity index (χ0) is 11.5. The van der Waals surface area contributed by atoms with Crippen LogP contribution in [0.3, 0.4) is 0 Å². The molecule has 3 nitrogen and oxygen atoms in total. The predicted molar refractivity (Wildman–Crippen MR) is 65.1 cm³/mol. The molecule has 2 bridgehead atoms. The summed E-state index contributed by atoms with van der Waals surface area (Å²) in [5.41, 5.74) is 0. The van der Waals surface area contributed by atoms with Gasteiger partial charge in [0, 0.05) is 25.7 Å². The van der Waals surface area contributed by atoms with Crippen molar-refractivity contribution in [3.05, 3.63) is 12.7 Å². The Balaban J connectivity index is 1.80. The Kier molecular flexibility index (Phi) is 3.64. The minimum absolute atomic E-state index is 0.243. The summed E-state index contributed by atoms with van der Waals surface area (Å²) in [6.07, 6.45) is 7.43. The topological polar surface area (TPSA) is 32.3 Å². The van der Waals surface area contributed by atoms with Crippen molar-refractivity contribution in [2.45, 2.75) is 44.2 Å². The number of rotatable bonds is 5. The van der Waals surface area contributed by atoms with Crippen molar-refractivity contribution in [3.63, 3.8) is 0 Å². The van der Waals surface area contributed by atoms with Crippen molar-refractivity contribution in [2.24, 2.45) is 5.92 Å². The van der Waals surface area contributed by atoms with Gasteiger partial charge in [-0.2, -0.15) is 0 Å². The predicted octanol–water partition coefficient (Wildman–Crippen LogP) is 1.55. The summed E-state index contributed by atoms with van der Waals surface area (Å²) in [5, 5.41) is 3.52. The van der Waals surface area contributed by atoms with E-state index in [4.69, 9.17) is 0 Å². The molecule has 0 spiro atoms. The van der Waals surface area contributed by atoms with Gasteiger partial charge in [0.1, 0.15) is 0 Å². The van der Waals surface area contributed by atoms with Crippen LogP contribution in [0, 0.1) is 5.92 Å². The van der Waals surface area contributed by atoms with E-state index in [0.717, 1.165) is 25.8 Å². The first-order valence-electron chi connectivity index (χ1n) is 6.34. The van der Waals surface area contributed by atoms with Gasteiger partial charge in [0.15, 0.2) is 0 Å². The van der Waals surface area contributed by atoms with Gasteiger partial charge in [-0.1, -0.05) is 6.08 Å². The summed E-state index contributed by atoms with van der Waals surface area (Å²) in [4.78, 5) is 14.1. The lowest BCUT2D eigenvalue weighted by Crippen LogP contribution is -2.39. The maximum Gasteiger partial charge on any atom is 0.227 e. The van der Waals surface area contributed by atoms with Crippen molar-refractivity contribution >= 4 is 5.91 Å². The average molecular weight is 222 g/mol. The molecule has 2 saturated heterocycles. The van der Waals surface area contributed by atoms with Gasteiger partial charge < -0.3 is 10.2 Å². The number of nitrogens with one attached hydrogen (secondary N) is 1. The molecule has 16 heavy (non-hydrogen) atoms. The van der Waals surface area contributed by atoms with E-state index in [1.54, 1.807) is 0 Å². The number of unbranched alkanes of at least 4 members (excludes halogenated alkanes) is 1. The van der Waals surface area contributed by atoms with Crippen LogP contribution >= 0.6 is 0 Å². The highest BCUT2D eigenvalue weighted by Crippen LogP contribution is 2.34. The van der Waals surface area contributed by atoms with E-state index in [9.17, 15) is 4.79 Å². The smallest absolute Gasteiger partial charge is 0.227 e. The molecule has 2 aliphatic heterocycles. The van der Waals surface area contributed by atoms with Gasteiger partial charge in [-0.05, 0) is 32.1 Å². The second-order valence-electron chi connectivity index (χ2n) is 5.08. The first kappa shape index (κ1) is 11.6. The molecule has 0 radical (unpaired) electrons. The van der Waals surface area contributed by atoms with E-state index >= 15 is 0 Å². The fourth-order valence-corrected chi connectivity index (χ4v) is 2.96. The minimum Gasteiger partial charge on any atom is -0.345 e. The van der Waals surface area contributed by atoms with E-state index in [1.807, 2.05) is 18.0 Å². The summed E-state index contributed by atoms with van der Waals surface area (Å²) in [6.45, 7) is 4.56. The number of hydrogen-bond donors (Lipinski definition) is 1. The van der Waals surface area contributed by atoms with Gasteiger partial charge in [-0.15, -0.1) is 6.58 Å². The van der Waals surface area contributed by atoms with Gasteiger partial charge >= 0.3 is 0 Å². The van der Waals surface area contributed by atoms with E-state index in [1.165, 1.54) is 12.8 Å². The average Bonchev–Trinajstić information content (AvgIpc) is 2.90. The lowest BCUT2D eigenvalue weighted by atomic mass is 9.88. The maximum absolute atomic E-state index is 12.2. The molecule has 1 amide bonds. The zero-order valence-corrected chi connectivity index (χ0v) is 10.1. The Morgan fingerprint density at radius 3 is 2.94 bits per heavy atom. The fourth-order valence-electron chi connectivity index (χ4n) is 2.96. The lowest BCUT2D eigenvalue weighted by Gasteiger charge is -2.25. The molecular formula is C13H22N2O. The number of carbonyl (C=O) groups is 1. The second kappa shape index (κ2) is 5.00. The molecule has 3 atom stereocenters. The van der Waals surface area contributed by atoms with E-state index in [2.05, 4.69) is 11.9 Å². The molecule has 2 rings (SSSR count). The van der Waals surface area contributed by atoms with Crippen molar-refractivity contribution in [3.8, 4) is 0 Å². The molecule has 3 heteroatoms. The first-order valence-corrected chi connectivity index (χ1v) is 6.34. The maximum atomic E-state index is 12.2. The Bertz CT molecular complexity index is 277. The third kappa shape index (κ3) is 2.29. The summed E-state index contributed by atoms with van der Waals surface area (Å²) >= 11 is 0. The number of nitrogens with zero attached hydrogens (tertiary/aromatic N) is 1. The number of allylic oxidation sites excluding steroid dienone is 1. The summed E-state index contributed by atoms with van der Waals surface area (Å²) in [5.74, 6) is 0.580. The van der Waals surface area contributed by atoms with Crippen LogP contribution in [-0.4, -0.2) is 36.5 Å². The molecular weight excluding hydrogens is 200 g/mol. The Labute approximate surface area is 97.9 Å². The van der Waals surface area contributed by atoms with Crippen molar-refractivity contribution in [1.82, 2.24) is 10.2 Å². The number of hydrogen-bond acceptors (Lipinski definition) is 2. The second-order valence-corrected chi connectivity index (χ2v) is 5.08. The molecule has 2 aliphatic rings. The minimum atomic E-state index is 0.243. The van der Waals surface area contributed by atoms with Gasteiger partial charge in [0.2, 0.25) is 5.91 Å². The van der Waals surface area contributed by atoms with Crippen molar-refractivity contribution in [2.75, 3.05) is 13.6 Å². The monoisotopic (exact) mass is 222 g/mol. The number of fused-ring (bicyclic) bond motifs is 2. The first-order chi connectivity index (χ1) is 7.72. The highest BCUT2D eigenvalue weighted by atomic mass is 16.2. The largest absolute Gasteiger partial charge is 0.345 e. The molecule has 2 heterocycles. The zero-order valence-electron chi connectivity index (χ0n) is 10.1. The van der Waals surface area contributed by atoms with Crippen LogP contribution < -0.4 is 5.32 Å². The van der Waals surface area contributed by atoms with Crippen LogP contribution in [0.4, 0.5) is 0 Å². The molecule has 0 aromatic rings. The Morgan fingerprint density at radius 2 is 2.38 bits per heavy atom. The molecule has 90 valence electrons. The van der Waals surface area contributed by atoms with Gasteiger partial charge in [-0.3, -0.25) is 4.79 Å². The van der Waals surface area contributed by atoms with Crippen LogP contribution in [0.15, 0.2) is 12.7 Å². The molecule has 1 N–H and O–H groups in total. The summed E-state index contributed by atoms with van der Waals surface area (Å²) in [7, 11) is 1.93. The molecule has 0 saturated carbocycles. The van der Waals surface area contributed by atoms with Crippen LogP contribution in [0.5, 0.6) is 0 Å². The number of amides is 1. The van der Waals surface area contributed by atoms with Crippen LogP contribution in [0.2, 0.25) is 0 Å². The fraction of sp³-hybridized carbons (Fsp3) is 0.769. The Morgan fingerprint density at radius 1 is 1.56 bits per heavy atom.